The van der Waals surface area contributed by atoms with Gasteiger partial charge in [-0.2, -0.15) is 0 Å². The van der Waals surface area contributed by atoms with Crippen LogP contribution in [0.15, 0.2) is 76.7 Å². The normalized spacial score (nSPS) is 15.6. The number of fused-ring (bicyclic) bond motifs is 4. The van der Waals surface area contributed by atoms with Gasteiger partial charge in [-0.25, -0.2) is 4.79 Å². The molecule has 0 spiro atoms. The van der Waals surface area contributed by atoms with E-state index in [0.717, 1.165) is 38.5 Å². The fourth-order valence-corrected chi connectivity index (χ4v) is 4.36. The highest BCUT2D eigenvalue weighted by molar-refractivity contribution is 5.98. The van der Waals surface area contributed by atoms with E-state index in [-0.39, 0.29) is 18.9 Å². The van der Waals surface area contributed by atoms with Gasteiger partial charge in [0.25, 0.3) is 0 Å². The highest BCUT2D eigenvalue weighted by Gasteiger charge is 2.37. The Morgan fingerprint density at radius 2 is 1.65 bits per heavy atom. The third-order valence-electron chi connectivity index (χ3n) is 5.95. The van der Waals surface area contributed by atoms with E-state index in [1.807, 2.05) is 54.6 Å². The fourth-order valence-electron chi connectivity index (χ4n) is 4.36. The molecule has 1 heterocycles. The van der Waals surface area contributed by atoms with Crippen LogP contribution in [0.1, 0.15) is 22.6 Å². The molecule has 6 heteroatoms. The number of hydrogen-bond donors (Lipinski definition) is 1. The van der Waals surface area contributed by atoms with Crippen LogP contribution in [0.25, 0.3) is 11.1 Å². The summed E-state index contributed by atoms with van der Waals surface area (Å²) < 4.78 is 5.62. The zero-order valence-corrected chi connectivity index (χ0v) is 16.8. The van der Waals surface area contributed by atoms with Gasteiger partial charge in [-0.3, -0.25) is 9.98 Å². The molecule has 0 amide bonds. The zero-order chi connectivity index (χ0) is 21.4. The number of aldehydes is 1. The Bertz CT molecular complexity index is 1270. The van der Waals surface area contributed by atoms with Crippen LogP contribution in [0.3, 0.4) is 0 Å². The van der Waals surface area contributed by atoms with E-state index in [2.05, 4.69) is 22.1 Å². The smallest absolute Gasteiger partial charge is 0.333 e. The summed E-state index contributed by atoms with van der Waals surface area (Å²) in [5.74, 6) is -0.820. The van der Waals surface area contributed by atoms with Crippen molar-refractivity contribution in [3.8, 4) is 11.1 Å². The lowest BCUT2D eigenvalue weighted by Gasteiger charge is -2.23. The van der Waals surface area contributed by atoms with Crippen LogP contribution in [-0.4, -0.2) is 31.1 Å². The van der Waals surface area contributed by atoms with Crippen molar-refractivity contribution in [3.05, 3.63) is 94.1 Å². The number of hydrogen-bond acceptors (Lipinski definition) is 6. The predicted molar refractivity (Wildman–Crippen MR) is 115 cm³/mol. The first kappa shape index (κ1) is 19.3. The summed E-state index contributed by atoms with van der Waals surface area (Å²) >= 11 is 0. The van der Waals surface area contributed by atoms with Gasteiger partial charge in [-0.15, -0.1) is 0 Å². The first-order valence-corrected chi connectivity index (χ1v) is 10.2. The second-order valence-electron chi connectivity index (χ2n) is 7.94. The molecule has 2 aliphatic rings. The summed E-state index contributed by atoms with van der Waals surface area (Å²) in [4.78, 5) is 33.2. The highest BCUT2D eigenvalue weighted by Crippen LogP contribution is 2.44. The van der Waals surface area contributed by atoms with Crippen LogP contribution >= 0.6 is 0 Å². The summed E-state index contributed by atoms with van der Waals surface area (Å²) in [5.41, 5.74) is 9.66. The van der Waals surface area contributed by atoms with Gasteiger partial charge in [0.15, 0.2) is 11.8 Å². The van der Waals surface area contributed by atoms with Crippen LogP contribution in [-0.2, 0) is 20.7 Å². The number of nitrogens with two attached hydrogens (primary N) is 1. The van der Waals surface area contributed by atoms with E-state index in [4.69, 9.17) is 10.5 Å². The molecule has 0 radical (unpaired) electrons. The van der Waals surface area contributed by atoms with Crippen molar-refractivity contribution in [2.75, 3.05) is 13.3 Å². The van der Waals surface area contributed by atoms with Gasteiger partial charge < -0.3 is 15.3 Å². The Balaban J connectivity index is 1.36. The van der Waals surface area contributed by atoms with E-state index in [1.165, 1.54) is 0 Å². The molecule has 2 N–H and O–H groups in total. The molecular weight excluding hydrogens is 390 g/mol. The molecule has 0 aromatic heterocycles. The molecule has 0 saturated heterocycles. The lowest BCUT2D eigenvalue weighted by atomic mass is 9.93. The molecule has 1 aliphatic heterocycles. The van der Waals surface area contributed by atoms with Crippen molar-refractivity contribution in [1.82, 2.24) is 0 Å². The van der Waals surface area contributed by atoms with Gasteiger partial charge in [0.2, 0.25) is 0 Å². The lowest BCUT2D eigenvalue weighted by molar-refractivity contribution is -0.151. The van der Waals surface area contributed by atoms with E-state index in [1.54, 1.807) is 0 Å². The zero-order valence-electron chi connectivity index (χ0n) is 16.8. The number of carbonyl (C=O) groups is 2. The number of esters is 1. The Hall–Kier alpha value is -3.64. The van der Waals surface area contributed by atoms with E-state index in [9.17, 15) is 9.59 Å². The van der Waals surface area contributed by atoms with Crippen molar-refractivity contribution < 1.29 is 14.3 Å². The van der Waals surface area contributed by atoms with Crippen molar-refractivity contribution in [2.45, 2.75) is 17.9 Å². The van der Waals surface area contributed by atoms with Crippen LogP contribution in [0.2, 0.25) is 0 Å². The van der Waals surface area contributed by atoms with Crippen LogP contribution < -0.4 is 16.4 Å². The largest absolute Gasteiger partial charge is 0.463 e. The summed E-state index contributed by atoms with van der Waals surface area (Å²) in [6.07, 6.45) is 0.511. The first-order valence-electron chi connectivity index (χ1n) is 10.2. The maximum atomic E-state index is 12.9. The molecule has 3 aromatic rings. The monoisotopic (exact) mass is 411 g/mol. The van der Waals surface area contributed by atoms with Crippen LogP contribution in [0.4, 0.5) is 0 Å². The highest BCUT2D eigenvalue weighted by atomic mass is 16.5. The third-order valence-corrected chi connectivity index (χ3v) is 5.95. The van der Waals surface area contributed by atoms with E-state index >= 15 is 0 Å². The quantitative estimate of drug-likeness (QED) is 0.379. The predicted octanol–water partition coefficient (Wildman–Crippen LogP) is 1.69. The van der Waals surface area contributed by atoms with Crippen molar-refractivity contribution in [3.63, 3.8) is 0 Å². The Labute approximate surface area is 179 Å². The molecule has 1 unspecified atom stereocenters. The second kappa shape index (κ2) is 7.56. The van der Waals surface area contributed by atoms with Crippen LogP contribution in [0, 0.1) is 0 Å². The summed E-state index contributed by atoms with van der Waals surface area (Å²) in [7, 11) is 0. The topological polar surface area (TPSA) is 94.1 Å². The number of benzene rings is 3. The van der Waals surface area contributed by atoms with E-state index in [0.29, 0.717) is 13.0 Å². The van der Waals surface area contributed by atoms with Crippen LogP contribution in [0.5, 0.6) is 0 Å². The molecule has 0 fully saturated rings. The average molecular weight is 411 g/mol. The number of rotatable bonds is 6. The summed E-state index contributed by atoms with van der Waals surface area (Å²) in [5, 5.41) is 1.55. The Kier molecular flexibility index (Phi) is 4.71. The molecular formula is C25H21N3O3. The second-order valence-corrected chi connectivity index (χ2v) is 7.94. The van der Waals surface area contributed by atoms with Gasteiger partial charge in [0.1, 0.15) is 13.3 Å². The first-order chi connectivity index (χ1) is 15.1. The number of nitrogens with zero attached hydrogens (tertiary/aromatic N) is 2. The molecule has 3 aromatic carbocycles. The Morgan fingerprint density at radius 1 is 1.00 bits per heavy atom. The van der Waals surface area contributed by atoms with Gasteiger partial charge in [-0.1, -0.05) is 54.6 Å². The van der Waals surface area contributed by atoms with Crippen molar-refractivity contribution in [1.29, 1.82) is 0 Å². The van der Waals surface area contributed by atoms with Gasteiger partial charge in [0.05, 0.1) is 10.7 Å². The van der Waals surface area contributed by atoms with E-state index < -0.39 is 11.5 Å². The molecule has 0 bridgehead atoms. The average Bonchev–Trinajstić information content (AvgIpc) is 3.39. The van der Waals surface area contributed by atoms with Gasteiger partial charge >= 0.3 is 5.97 Å². The fraction of sp³-hybridized carbons (Fsp3) is 0.200. The minimum atomic E-state index is -1.76. The minimum Gasteiger partial charge on any atom is -0.463 e. The number of carbonyl (C=O) groups excluding carboxylic acids is 2. The maximum Gasteiger partial charge on any atom is 0.333 e. The molecule has 0 saturated carbocycles. The van der Waals surface area contributed by atoms with Gasteiger partial charge in [-0.05, 0) is 39.9 Å². The maximum absolute atomic E-state index is 12.9. The van der Waals surface area contributed by atoms with Gasteiger partial charge in [0, 0.05) is 12.3 Å². The minimum absolute atomic E-state index is 0.0377. The molecule has 5 rings (SSSR count). The standard InChI is InChI=1S/C25H21N3O3/c26-25(14-29,12-16-9-10-22-23(11-16)28-15-27-22)24(30)31-13-21-19-7-3-1-5-17(19)18-6-2-4-8-20(18)21/h1-11,14,21H,12-13,15,26H2. The van der Waals surface area contributed by atoms with Crippen molar-refractivity contribution >= 4 is 12.3 Å². The Morgan fingerprint density at radius 3 is 2.32 bits per heavy atom. The summed E-state index contributed by atoms with van der Waals surface area (Å²) in [6.45, 7) is 0.519. The third kappa shape index (κ3) is 3.35. The molecule has 1 aliphatic carbocycles. The lowest BCUT2D eigenvalue weighted by Crippen LogP contribution is -2.53. The number of ether oxygens (including phenoxy) is 1. The molecule has 6 nitrogen and oxygen atoms in total. The molecule has 1 atom stereocenters. The SMILES string of the molecule is NC(C=O)(Cc1ccc2c(c1)=NCN=2)C(=O)OCC1c2ccccc2-c2ccccc21. The summed E-state index contributed by atoms with van der Waals surface area (Å²) in [6, 6.07) is 21.6. The molecule has 154 valence electrons. The van der Waals surface area contributed by atoms with Crippen molar-refractivity contribution in [2.24, 2.45) is 15.7 Å². The molecule has 31 heavy (non-hydrogen) atoms.